The molecular weight excluding hydrogens is 307 g/mol. The molecular formula is C16H12Cl2N2O. The molecule has 0 N–H and O–H groups in total. The number of rotatable bonds is 4. The van der Waals surface area contributed by atoms with Gasteiger partial charge >= 0.3 is 0 Å². The molecule has 0 atom stereocenters. The third-order valence-corrected chi connectivity index (χ3v) is 3.55. The van der Waals surface area contributed by atoms with Gasteiger partial charge in [0.1, 0.15) is 5.75 Å². The highest BCUT2D eigenvalue weighted by molar-refractivity contribution is 6.31. The minimum absolute atomic E-state index is 0.457. The van der Waals surface area contributed by atoms with E-state index in [1.165, 1.54) is 0 Å². The Morgan fingerprint density at radius 1 is 1.00 bits per heavy atom. The topological polar surface area (TPSA) is 27.1 Å². The Balaban J connectivity index is 1.79. The van der Waals surface area contributed by atoms with E-state index < -0.39 is 0 Å². The molecule has 0 spiro atoms. The predicted molar refractivity (Wildman–Crippen MR) is 84.3 cm³/mol. The van der Waals surface area contributed by atoms with Gasteiger partial charge in [0.05, 0.1) is 12.7 Å². The molecule has 0 saturated heterocycles. The van der Waals surface area contributed by atoms with Crippen LogP contribution in [0.15, 0.2) is 60.8 Å². The number of halogens is 2. The zero-order valence-corrected chi connectivity index (χ0v) is 12.6. The van der Waals surface area contributed by atoms with Gasteiger partial charge in [0, 0.05) is 5.02 Å². The van der Waals surface area contributed by atoms with E-state index in [0.717, 1.165) is 11.3 Å². The second kappa shape index (κ2) is 6.20. The van der Waals surface area contributed by atoms with Gasteiger partial charge in [-0.05, 0) is 29.8 Å². The highest BCUT2D eigenvalue weighted by Crippen LogP contribution is 2.29. The van der Waals surface area contributed by atoms with Crippen LogP contribution in [0.3, 0.4) is 0 Å². The van der Waals surface area contributed by atoms with E-state index in [4.69, 9.17) is 27.9 Å². The van der Waals surface area contributed by atoms with Crippen molar-refractivity contribution in [3.8, 4) is 11.5 Å². The predicted octanol–water partition coefficient (Wildman–Crippen LogP) is 5.03. The molecule has 1 heterocycles. The lowest BCUT2D eigenvalue weighted by molar-refractivity contribution is 0.482. The summed E-state index contributed by atoms with van der Waals surface area (Å²) in [4.78, 5) is 0. The first-order chi connectivity index (χ1) is 10.2. The average molecular weight is 319 g/mol. The molecule has 0 fully saturated rings. The van der Waals surface area contributed by atoms with E-state index in [-0.39, 0.29) is 0 Å². The molecule has 3 nitrogen and oxygen atoms in total. The molecule has 0 bridgehead atoms. The third-order valence-electron chi connectivity index (χ3n) is 2.94. The Bertz CT molecular complexity index is 741. The molecule has 106 valence electrons. The summed E-state index contributed by atoms with van der Waals surface area (Å²) < 4.78 is 7.38. The third kappa shape index (κ3) is 3.38. The van der Waals surface area contributed by atoms with Crippen LogP contribution in [0.4, 0.5) is 0 Å². The van der Waals surface area contributed by atoms with Gasteiger partial charge in [0.25, 0.3) is 0 Å². The molecule has 0 unspecified atom stereocenters. The Morgan fingerprint density at radius 2 is 1.81 bits per heavy atom. The largest absolute Gasteiger partial charge is 0.452 e. The lowest BCUT2D eigenvalue weighted by atomic mass is 10.2. The van der Waals surface area contributed by atoms with Gasteiger partial charge < -0.3 is 4.74 Å². The molecule has 21 heavy (non-hydrogen) atoms. The molecule has 0 saturated carbocycles. The number of hydrogen-bond acceptors (Lipinski definition) is 2. The number of hydrogen-bond donors (Lipinski definition) is 0. The minimum Gasteiger partial charge on any atom is -0.452 e. The van der Waals surface area contributed by atoms with Crippen molar-refractivity contribution >= 4 is 23.2 Å². The minimum atomic E-state index is 0.457. The van der Waals surface area contributed by atoms with Crippen molar-refractivity contribution in [2.75, 3.05) is 0 Å². The van der Waals surface area contributed by atoms with Crippen molar-refractivity contribution in [3.05, 3.63) is 76.5 Å². The van der Waals surface area contributed by atoms with Crippen molar-refractivity contribution in [3.63, 3.8) is 0 Å². The first-order valence-electron chi connectivity index (χ1n) is 6.41. The Hall–Kier alpha value is -1.97. The normalized spacial score (nSPS) is 10.6. The van der Waals surface area contributed by atoms with Crippen LogP contribution < -0.4 is 4.74 Å². The summed E-state index contributed by atoms with van der Waals surface area (Å²) in [6, 6.07) is 17.1. The van der Waals surface area contributed by atoms with Crippen molar-refractivity contribution < 1.29 is 4.74 Å². The fourth-order valence-corrected chi connectivity index (χ4v) is 2.36. The number of ether oxygens (including phenoxy) is 1. The summed E-state index contributed by atoms with van der Waals surface area (Å²) >= 11 is 12.3. The summed E-state index contributed by atoms with van der Waals surface area (Å²) in [7, 11) is 0. The first kappa shape index (κ1) is 14.0. The number of aromatic nitrogens is 2. The van der Waals surface area contributed by atoms with Crippen LogP contribution in [0.25, 0.3) is 0 Å². The van der Waals surface area contributed by atoms with Gasteiger partial charge in [-0.15, -0.1) is 0 Å². The van der Waals surface area contributed by atoms with E-state index in [2.05, 4.69) is 5.10 Å². The molecule has 3 aromatic rings. The second-order valence-corrected chi connectivity index (χ2v) is 5.30. The summed E-state index contributed by atoms with van der Waals surface area (Å²) in [5.74, 6) is 1.26. The molecule has 3 rings (SSSR count). The smallest absolute Gasteiger partial charge is 0.184 e. The molecule has 2 aromatic carbocycles. The van der Waals surface area contributed by atoms with Crippen LogP contribution in [-0.2, 0) is 6.54 Å². The van der Waals surface area contributed by atoms with Gasteiger partial charge in [0.2, 0.25) is 0 Å². The zero-order chi connectivity index (χ0) is 14.7. The van der Waals surface area contributed by atoms with Crippen molar-refractivity contribution in [2.24, 2.45) is 0 Å². The van der Waals surface area contributed by atoms with Crippen LogP contribution in [0.1, 0.15) is 5.56 Å². The molecule has 5 heteroatoms. The Kier molecular flexibility index (Phi) is 4.13. The SMILES string of the molecule is Clc1cccc(Cn2ncc(Oc3ccccc3)c2Cl)c1. The standard InChI is InChI=1S/C16H12Cl2N2O/c17-13-6-4-5-12(9-13)11-20-16(18)15(10-19-20)21-14-7-2-1-3-8-14/h1-10H,11H2. The highest BCUT2D eigenvalue weighted by atomic mass is 35.5. The fourth-order valence-electron chi connectivity index (χ4n) is 1.96. The van der Waals surface area contributed by atoms with Crippen LogP contribution in [0, 0.1) is 0 Å². The summed E-state index contributed by atoms with van der Waals surface area (Å²) in [5.41, 5.74) is 1.03. The van der Waals surface area contributed by atoms with E-state index in [1.54, 1.807) is 10.9 Å². The fraction of sp³-hybridized carbons (Fsp3) is 0.0625. The van der Waals surface area contributed by atoms with E-state index >= 15 is 0 Å². The maximum atomic E-state index is 6.31. The Morgan fingerprint density at radius 3 is 2.57 bits per heavy atom. The molecule has 0 aliphatic carbocycles. The molecule has 0 radical (unpaired) electrons. The lowest BCUT2D eigenvalue weighted by Crippen LogP contribution is -2.01. The van der Waals surface area contributed by atoms with Gasteiger partial charge in [-0.25, -0.2) is 4.68 Å². The number of nitrogens with zero attached hydrogens (tertiary/aromatic N) is 2. The van der Waals surface area contributed by atoms with Crippen LogP contribution >= 0.6 is 23.2 Å². The maximum Gasteiger partial charge on any atom is 0.184 e. The summed E-state index contributed by atoms with van der Waals surface area (Å²) in [5, 5.41) is 5.40. The number of para-hydroxylation sites is 1. The van der Waals surface area contributed by atoms with Crippen LogP contribution in [-0.4, -0.2) is 9.78 Å². The van der Waals surface area contributed by atoms with E-state index in [0.29, 0.717) is 22.5 Å². The lowest BCUT2D eigenvalue weighted by Gasteiger charge is -2.06. The molecule has 1 aromatic heterocycles. The number of benzene rings is 2. The highest BCUT2D eigenvalue weighted by Gasteiger charge is 2.11. The van der Waals surface area contributed by atoms with Gasteiger partial charge in [-0.2, -0.15) is 5.10 Å². The molecule has 0 aliphatic rings. The Labute approximate surface area is 132 Å². The van der Waals surface area contributed by atoms with Gasteiger partial charge in [-0.1, -0.05) is 53.5 Å². The van der Waals surface area contributed by atoms with E-state index in [9.17, 15) is 0 Å². The zero-order valence-electron chi connectivity index (χ0n) is 11.0. The first-order valence-corrected chi connectivity index (χ1v) is 7.16. The quantitative estimate of drug-likeness (QED) is 0.674. The molecule has 0 aliphatic heterocycles. The summed E-state index contributed by atoms with van der Waals surface area (Å²) in [6.07, 6.45) is 1.61. The van der Waals surface area contributed by atoms with Gasteiger partial charge in [0.15, 0.2) is 10.9 Å². The van der Waals surface area contributed by atoms with Crippen molar-refractivity contribution in [2.45, 2.75) is 6.54 Å². The maximum absolute atomic E-state index is 6.31. The second-order valence-electron chi connectivity index (χ2n) is 4.50. The summed E-state index contributed by atoms with van der Waals surface area (Å²) in [6.45, 7) is 0.539. The van der Waals surface area contributed by atoms with Gasteiger partial charge in [-0.3, -0.25) is 0 Å². The van der Waals surface area contributed by atoms with E-state index in [1.807, 2.05) is 54.6 Å². The molecule has 0 amide bonds. The monoisotopic (exact) mass is 318 g/mol. The van der Waals surface area contributed by atoms with Crippen molar-refractivity contribution in [1.82, 2.24) is 9.78 Å². The van der Waals surface area contributed by atoms with Crippen molar-refractivity contribution in [1.29, 1.82) is 0 Å². The van der Waals surface area contributed by atoms with Crippen LogP contribution in [0.2, 0.25) is 10.2 Å². The van der Waals surface area contributed by atoms with Crippen LogP contribution in [0.5, 0.6) is 11.5 Å². The average Bonchev–Trinajstić information content (AvgIpc) is 2.82.